The van der Waals surface area contributed by atoms with Crippen LogP contribution in [0.2, 0.25) is 0 Å². The zero-order chi connectivity index (χ0) is 51.4. The van der Waals surface area contributed by atoms with Crippen LogP contribution >= 0.6 is 0 Å². The van der Waals surface area contributed by atoms with Crippen molar-refractivity contribution in [3.63, 3.8) is 0 Å². The molecule has 0 aromatic heterocycles. The number of unbranched alkanes of at least 4 members (excludes halogenated alkanes) is 35. The van der Waals surface area contributed by atoms with Crippen LogP contribution < -0.4 is 0 Å². The first-order valence-electron chi connectivity index (χ1n) is 30.8. The summed E-state index contributed by atoms with van der Waals surface area (Å²) in [7, 11) is 0. The van der Waals surface area contributed by atoms with Crippen molar-refractivity contribution in [1.82, 2.24) is 0 Å². The molecule has 0 rings (SSSR count). The Labute approximate surface area is 440 Å². The quantitative estimate of drug-likeness (QED) is 0.0261. The van der Waals surface area contributed by atoms with Crippen molar-refractivity contribution < 1.29 is 28.6 Å². The minimum atomic E-state index is -0.785. The lowest BCUT2D eigenvalue weighted by Gasteiger charge is -2.18. The van der Waals surface area contributed by atoms with Gasteiger partial charge in [0.15, 0.2) is 6.10 Å². The van der Waals surface area contributed by atoms with Crippen LogP contribution in [-0.2, 0) is 28.6 Å². The number of carbonyl (C=O) groups excluding carboxylic acids is 3. The van der Waals surface area contributed by atoms with Crippen molar-refractivity contribution in [2.75, 3.05) is 13.2 Å². The molecule has 0 saturated carbocycles. The Kier molecular flexibility index (Phi) is 57.2. The number of hydrogen-bond donors (Lipinski definition) is 0. The van der Waals surface area contributed by atoms with E-state index in [4.69, 9.17) is 14.2 Å². The summed E-state index contributed by atoms with van der Waals surface area (Å²) in [4.78, 5) is 38.3. The molecule has 1 atom stereocenters. The van der Waals surface area contributed by atoms with Crippen LogP contribution in [0.3, 0.4) is 0 Å². The third-order valence-corrected chi connectivity index (χ3v) is 13.5. The summed E-state index contributed by atoms with van der Waals surface area (Å²) < 4.78 is 16.9. The van der Waals surface area contributed by atoms with E-state index in [2.05, 4.69) is 81.5 Å². The van der Waals surface area contributed by atoms with Crippen molar-refractivity contribution in [3.05, 3.63) is 60.8 Å². The molecule has 0 aliphatic carbocycles. The van der Waals surface area contributed by atoms with E-state index in [0.717, 1.165) is 96.3 Å². The van der Waals surface area contributed by atoms with Gasteiger partial charge in [0, 0.05) is 19.3 Å². The van der Waals surface area contributed by atoms with Gasteiger partial charge in [0.1, 0.15) is 13.2 Å². The first-order valence-corrected chi connectivity index (χ1v) is 30.8. The lowest BCUT2D eigenvalue weighted by Crippen LogP contribution is -2.30. The SMILES string of the molecule is CCCCC/C=C\C/C=C\C/C=C\CCCCCCCCC(=O)OCC(COC(=O)CCCCCCC/C=C\C/C=C\CCCCC)OC(=O)CCCCCCCCCCCCCCCCCCCCC. The Morgan fingerprint density at radius 1 is 0.282 bits per heavy atom. The molecule has 6 heteroatoms. The molecule has 0 heterocycles. The predicted octanol–water partition coefficient (Wildman–Crippen LogP) is 20.8. The summed E-state index contributed by atoms with van der Waals surface area (Å²) in [6, 6.07) is 0. The number of hydrogen-bond acceptors (Lipinski definition) is 6. The van der Waals surface area contributed by atoms with Gasteiger partial charge >= 0.3 is 17.9 Å². The molecule has 0 spiro atoms. The van der Waals surface area contributed by atoms with Gasteiger partial charge in [0.2, 0.25) is 0 Å². The second kappa shape index (κ2) is 59.7. The molecule has 0 aliphatic heterocycles. The molecule has 0 saturated heterocycles. The van der Waals surface area contributed by atoms with Crippen LogP contribution in [0.5, 0.6) is 0 Å². The Hall–Kier alpha value is -2.89. The normalized spacial score (nSPS) is 12.4. The summed E-state index contributed by atoms with van der Waals surface area (Å²) in [5, 5.41) is 0. The molecular formula is C65H116O6. The average molecular weight is 994 g/mol. The Morgan fingerprint density at radius 2 is 0.507 bits per heavy atom. The molecule has 412 valence electrons. The molecular weight excluding hydrogens is 877 g/mol. The molecule has 6 nitrogen and oxygen atoms in total. The molecule has 0 N–H and O–H groups in total. The predicted molar refractivity (Wildman–Crippen MR) is 307 cm³/mol. The third-order valence-electron chi connectivity index (χ3n) is 13.5. The fourth-order valence-electron chi connectivity index (χ4n) is 8.83. The molecule has 0 bridgehead atoms. The Bertz CT molecular complexity index is 1280. The van der Waals surface area contributed by atoms with Crippen LogP contribution in [0.1, 0.15) is 316 Å². The third kappa shape index (κ3) is 57.9. The molecule has 71 heavy (non-hydrogen) atoms. The van der Waals surface area contributed by atoms with Gasteiger partial charge in [0.05, 0.1) is 0 Å². The van der Waals surface area contributed by atoms with Crippen molar-refractivity contribution in [3.8, 4) is 0 Å². The monoisotopic (exact) mass is 993 g/mol. The topological polar surface area (TPSA) is 78.9 Å². The van der Waals surface area contributed by atoms with Gasteiger partial charge in [-0.3, -0.25) is 14.4 Å². The number of carbonyl (C=O) groups is 3. The first-order chi connectivity index (χ1) is 35.0. The van der Waals surface area contributed by atoms with Gasteiger partial charge < -0.3 is 14.2 Å². The Balaban J connectivity index is 4.38. The van der Waals surface area contributed by atoms with E-state index in [9.17, 15) is 14.4 Å². The number of rotatable bonds is 56. The van der Waals surface area contributed by atoms with Gasteiger partial charge in [-0.2, -0.15) is 0 Å². The van der Waals surface area contributed by atoms with Crippen molar-refractivity contribution >= 4 is 17.9 Å². The summed E-state index contributed by atoms with van der Waals surface area (Å²) in [5.41, 5.74) is 0. The van der Waals surface area contributed by atoms with Crippen LogP contribution in [0.15, 0.2) is 60.8 Å². The fourth-order valence-corrected chi connectivity index (χ4v) is 8.83. The van der Waals surface area contributed by atoms with Gasteiger partial charge in [-0.05, 0) is 89.9 Å². The smallest absolute Gasteiger partial charge is 0.306 e. The van der Waals surface area contributed by atoms with Crippen LogP contribution in [0.25, 0.3) is 0 Å². The summed E-state index contributed by atoms with van der Waals surface area (Å²) in [6.07, 6.45) is 75.0. The van der Waals surface area contributed by atoms with Crippen molar-refractivity contribution in [2.45, 2.75) is 322 Å². The maximum absolute atomic E-state index is 12.9. The maximum atomic E-state index is 12.9. The van der Waals surface area contributed by atoms with Crippen LogP contribution in [0, 0.1) is 0 Å². The van der Waals surface area contributed by atoms with Gasteiger partial charge in [-0.15, -0.1) is 0 Å². The Morgan fingerprint density at radius 3 is 0.817 bits per heavy atom. The van der Waals surface area contributed by atoms with Crippen LogP contribution in [-0.4, -0.2) is 37.2 Å². The lowest BCUT2D eigenvalue weighted by molar-refractivity contribution is -0.167. The summed E-state index contributed by atoms with van der Waals surface area (Å²) in [5.74, 6) is -0.892. The summed E-state index contributed by atoms with van der Waals surface area (Å²) in [6.45, 7) is 6.60. The van der Waals surface area contributed by atoms with E-state index in [1.165, 1.54) is 180 Å². The fraction of sp³-hybridized carbons (Fsp3) is 0.800. The summed E-state index contributed by atoms with van der Waals surface area (Å²) >= 11 is 0. The molecule has 0 amide bonds. The first kappa shape index (κ1) is 68.1. The maximum Gasteiger partial charge on any atom is 0.306 e. The van der Waals surface area contributed by atoms with E-state index in [0.29, 0.717) is 19.3 Å². The van der Waals surface area contributed by atoms with Crippen LogP contribution in [0.4, 0.5) is 0 Å². The molecule has 0 fully saturated rings. The second-order valence-corrected chi connectivity index (χ2v) is 20.6. The highest BCUT2D eigenvalue weighted by atomic mass is 16.6. The number of esters is 3. The van der Waals surface area contributed by atoms with Crippen molar-refractivity contribution in [2.24, 2.45) is 0 Å². The van der Waals surface area contributed by atoms with Gasteiger partial charge in [0.25, 0.3) is 0 Å². The largest absolute Gasteiger partial charge is 0.462 e. The van der Waals surface area contributed by atoms with Gasteiger partial charge in [-0.1, -0.05) is 268 Å². The molecule has 0 radical (unpaired) electrons. The van der Waals surface area contributed by atoms with E-state index in [-0.39, 0.29) is 31.1 Å². The average Bonchev–Trinajstić information content (AvgIpc) is 3.37. The molecule has 0 aromatic rings. The molecule has 0 aliphatic rings. The minimum absolute atomic E-state index is 0.0831. The number of allylic oxidation sites excluding steroid dienone is 10. The highest BCUT2D eigenvalue weighted by Gasteiger charge is 2.19. The zero-order valence-electron chi connectivity index (χ0n) is 47.2. The lowest BCUT2D eigenvalue weighted by atomic mass is 10.0. The van der Waals surface area contributed by atoms with Gasteiger partial charge in [-0.25, -0.2) is 0 Å². The van der Waals surface area contributed by atoms with E-state index >= 15 is 0 Å². The van der Waals surface area contributed by atoms with E-state index in [1.54, 1.807) is 0 Å². The standard InChI is InChI=1S/C65H116O6/c1-4-7-10-13-16-19-22-25-28-30-32-34-37-40-43-46-49-52-55-58-64(67)70-61-62(60-69-63(66)57-54-51-48-45-42-39-36-27-24-21-18-15-12-9-6-3)71-65(68)59-56-53-50-47-44-41-38-35-33-31-29-26-23-20-17-14-11-8-5-2/h16,18-19,21,25,27-28,32,34,36,62H,4-15,17,20,22-24,26,29-31,33,35,37-61H2,1-3H3/b19-16-,21-18-,28-25-,34-32-,36-27-. The highest BCUT2D eigenvalue weighted by Crippen LogP contribution is 2.17. The second-order valence-electron chi connectivity index (χ2n) is 20.6. The van der Waals surface area contributed by atoms with Crippen molar-refractivity contribution in [1.29, 1.82) is 0 Å². The molecule has 0 aromatic carbocycles. The van der Waals surface area contributed by atoms with E-state index < -0.39 is 6.10 Å². The van der Waals surface area contributed by atoms with E-state index in [1.807, 2.05) is 0 Å². The molecule has 1 unspecified atom stereocenters. The zero-order valence-corrected chi connectivity index (χ0v) is 47.2. The number of ether oxygens (including phenoxy) is 3. The minimum Gasteiger partial charge on any atom is -0.462 e. The highest BCUT2D eigenvalue weighted by molar-refractivity contribution is 5.71.